The van der Waals surface area contributed by atoms with E-state index in [-0.39, 0.29) is 0 Å². The van der Waals surface area contributed by atoms with Crippen molar-refractivity contribution < 1.29 is 5.11 Å². The molecule has 1 nitrogen and oxygen atoms in total. The van der Waals surface area contributed by atoms with Gasteiger partial charge in [0.25, 0.3) is 0 Å². The van der Waals surface area contributed by atoms with Gasteiger partial charge in [0.1, 0.15) is 0 Å². The Labute approximate surface area is 187 Å². The SMILES string of the molecule is C/C=C(\CCC(C)C1CCC2C3CCC4C(CO)CCC4(C)C3CCC12C)C(C)C. The first kappa shape index (κ1) is 22.9. The highest BCUT2D eigenvalue weighted by atomic mass is 16.3. The van der Waals surface area contributed by atoms with Gasteiger partial charge < -0.3 is 5.11 Å². The predicted molar refractivity (Wildman–Crippen MR) is 128 cm³/mol. The third-order valence-electron chi connectivity index (χ3n) is 11.6. The molecule has 4 aliphatic rings. The van der Waals surface area contributed by atoms with E-state index in [1.807, 2.05) is 0 Å². The minimum Gasteiger partial charge on any atom is -0.396 e. The molecule has 4 saturated carbocycles. The van der Waals surface area contributed by atoms with Crippen molar-refractivity contribution in [2.75, 3.05) is 6.61 Å². The highest BCUT2D eigenvalue weighted by Crippen LogP contribution is 2.69. The Bertz CT molecular complexity index is 634. The van der Waals surface area contributed by atoms with E-state index in [1.54, 1.807) is 5.57 Å². The average molecular weight is 415 g/mol. The van der Waals surface area contributed by atoms with Crippen molar-refractivity contribution in [1.29, 1.82) is 0 Å². The van der Waals surface area contributed by atoms with Crippen LogP contribution < -0.4 is 0 Å². The molecule has 1 heteroatoms. The van der Waals surface area contributed by atoms with E-state index in [1.165, 1.54) is 64.2 Å². The molecule has 0 aliphatic heterocycles. The lowest BCUT2D eigenvalue weighted by atomic mass is 9.46. The van der Waals surface area contributed by atoms with Gasteiger partial charge >= 0.3 is 0 Å². The Kier molecular flexibility index (Phi) is 6.53. The number of hydrogen-bond donors (Lipinski definition) is 1. The summed E-state index contributed by atoms with van der Waals surface area (Å²) in [6.45, 7) is 15.3. The van der Waals surface area contributed by atoms with E-state index in [9.17, 15) is 5.11 Å². The van der Waals surface area contributed by atoms with Gasteiger partial charge in [0.15, 0.2) is 0 Å². The summed E-state index contributed by atoms with van der Waals surface area (Å²) in [6.07, 6.45) is 16.5. The van der Waals surface area contributed by atoms with Crippen LogP contribution in [0.1, 0.15) is 106 Å². The fraction of sp³-hybridized carbons (Fsp3) is 0.931. The maximum Gasteiger partial charge on any atom is 0.0462 e. The molecule has 30 heavy (non-hydrogen) atoms. The number of allylic oxidation sites excluding steroid dienone is 2. The van der Waals surface area contributed by atoms with Crippen molar-refractivity contribution >= 4 is 0 Å². The molecular formula is C29H50O. The number of rotatable bonds is 6. The molecule has 0 radical (unpaired) electrons. The van der Waals surface area contributed by atoms with Crippen molar-refractivity contribution in [2.45, 2.75) is 106 Å². The number of hydrogen-bond acceptors (Lipinski definition) is 1. The zero-order valence-corrected chi connectivity index (χ0v) is 20.9. The summed E-state index contributed by atoms with van der Waals surface area (Å²) in [5.41, 5.74) is 2.78. The largest absolute Gasteiger partial charge is 0.396 e. The molecule has 1 N–H and O–H groups in total. The summed E-state index contributed by atoms with van der Waals surface area (Å²) in [6, 6.07) is 0. The molecule has 0 spiro atoms. The van der Waals surface area contributed by atoms with Crippen LogP contribution in [0.4, 0.5) is 0 Å². The second kappa shape index (κ2) is 8.57. The average Bonchev–Trinajstić information content (AvgIpc) is 3.24. The lowest BCUT2D eigenvalue weighted by Crippen LogP contribution is -2.51. The summed E-state index contributed by atoms with van der Waals surface area (Å²) >= 11 is 0. The van der Waals surface area contributed by atoms with Crippen LogP contribution in [0.2, 0.25) is 0 Å². The summed E-state index contributed by atoms with van der Waals surface area (Å²) in [4.78, 5) is 0. The first-order chi connectivity index (χ1) is 14.3. The Morgan fingerprint density at radius 3 is 2.23 bits per heavy atom. The molecule has 0 heterocycles. The van der Waals surface area contributed by atoms with E-state index in [4.69, 9.17) is 0 Å². The number of fused-ring (bicyclic) bond motifs is 5. The van der Waals surface area contributed by atoms with Crippen molar-refractivity contribution in [3.8, 4) is 0 Å². The predicted octanol–water partition coefficient (Wildman–Crippen LogP) is 7.88. The minimum absolute atomic E-state index is 0.433. The number of aliphatic hydroxyl groups is 1. The van der Waals surface area contributed by atoms with E-state index in [2.05, 4.69) is 47.6 Å². The second-order valence-electron chi connectivity index (χ2n) is 12.8. The summed E-state index contributed by atoms with van der Waals surface area (Å²) in [5.74, 6) is 6.80. The van der Waals surface area contributed by atoms with E-state index < -0.39 is 0 Å². The number of aliphatic hydroxyl groups excluding tert-OH is 1. The molecule has 0 amide bonds. The standard InChI is InChI=1S/C29H50O/c1-7-21(19(2)3)9-8-20(4)24-12-13-26-23-10-11-25-22(18-30)14-16-29(25,6)27(23)15-17-28(24,26)5/h7,19-20,22-27,30H,8-18H2,1-6H3/b21-7+. The van der Waals surface area contributed by atoms with Gasteiger partial charge in [0.05, 0.1) is 0 Å². The molecule has 0 aromatic rings. The lowest BCUT2D eigenvalue weighted by molar-refractivity contribution is -0.0975. The van der Waals surface area contributed by atoms with Crippen molar-refractivity contribution in [3.63, 3.8) is 0 Å². The van der Waals surface area contributed by atoms with Crippen LogP contribution in [-0.2, 0) is 0 Å². The lowest BCUT2D eigenvalue weighted by Gasteiger charge is -2.58. The van der Waals surface area contributed by atoms with Gasteiger partial charge in [0, 0.05) is 6.61 Å². The summed E-state index contributed by atoms with van der Waals surface area (Å²) in [5, 5.41) is 9.94. The quantitative estimate of drug-likeness (QED) is 0.438. The van der Waals surface area contributed by atoms with Crippen LogP contribution in [-0.4, -0.2) is 11.7 Å². The minimum atomic E-state index is 0.433. The molecule has 9 unspecified atom stereocenters. The van der Waals surface area contributed by atoms with Crippen LogP contribution in [0.25, 0.3) is 0 Å². The van der Waals surface area contributed by atoms with Crippen LogP contribution in [0.5, 0.6) is 0 Å². The van der Waals surface area contributed by atoms with Gasteiger partial charge in [0.2, 0.25) is 0 Å². The topological polar surface area (TPSA) is 20.2 Å². The van der Waals surface area contributed by atoms with E-state index in [0.29, 0.717) is 29.3 Å². The van der Waals surface area contributed by atoms with Gasteiger partial charge in [-0.15, -0.1) is 0 Å². The second-order valence-corrected chi connectivity index (χ2v) is 12.8. The van der Waals surface area contributed by atoms with Crippen molar-refractivity contribution in [1.82, 2.24) is 0 Å². The van der Waals surface area contributed by atoms with Crippen LogP contribution in [0, 0.1) is 58.2 Å². The maximum atomic E-state index is 9.94. The van der Waals surface area contributed by atoms with Gasteiger partial charge in [-0.2, -0.15) is 0 Å². The van der Waals surface area contributed by atoms with Gasteiger partial charge in [-0.25, -0.2) is 0 Å². The molecule has 4 rings (SSSR count). The molecule has 4 fully saturated rings. The zero-order chi connectivity index (χ0) is 21.7. The zero-order valence-electron chi connectivity index (χ0n) is 20.9. The van der Waals surface area contributed by atoms with Crippen molar-refractivity contribution in [2.24, 2.45) is 58.2 Å². The van der Waals surface area contributed by atoms with Gasteiger partial charge in [-0.3, -0.25) is 0 Å². The normalized spacial score (nSPS) is 47.1. The monoisotopic (exact) mass is 414 g/mol. The Morgan fingerprint density at radius 2 is 1.57 bits per heavy atom. The smallest absolute Gasteiger partial charge is 0.0462 e. The summed E-state index contributed by atoms with van der Waals surface area (Å²) in [7, 11) is 0. The maximum absolute atomic E-state index is 9.94. The first-order valence-electron chi connectivity index (χ1n) is 13.5. The molecular weight excluding hydrogens is 364 g/mol. The fourth-order valence-corrected chi connectivity index (χ4v) is 9.88. The molecule has 0 aromatic carbocycles. The molecule has 0 bridgehead atoms. The Hall–Kier alpha value is -0.300. The van der Waals surface area contributed by atoms with Crippen molar-refractivity contribution in [3.05, 3.63) is 11.6 Å². The van der Waals surface area contributed by atoms with Gasteiger partial charge in [-0.1, -0.05) is 46.3 Å². The van der Waals surface area contributed by atoms with E-state index in [0.717, 1.165) is 35.5 Å². The van der Waals surface area contributed by atoms with Gasteiger partial charge in [-0.05, 0) is 129 Å². The fourth-order valence-electron chi connectivity index (χ4n) is 9.88. The molecule has 9 atom stereocenters. The third-order valence-corrected chi connectivity index (χ3v) is 11.6. The van der Waals surface area contributed by atoms with Crippen LogP contribution in [0.15, 0.2) is 11.6 Å². The Balaban J connectivity index is 1.46. The summed E-state index contributed by atoms with van der Waals surface area (Å²) < 4.78 is 0. The van der Waals surface area contributed by atoms with Crippen LogP contribution >= 0.6 is 0 Å². The third kappa shape index (κ3) is 3.54. The molecule has 172 valence electrons. The Morgan fingerprint density at radius 1 is 0.900 bits per heavy atom. The van der Waals surface area contributed by atoms with Crippen LogP contribution in [0.3, 0.4) is 0 Å². The first-order valence-corrected chi connectivity index (χ1v) is 13.5. The molecule has 0 aromatic heterocycles. The molecule has 4 aliphatic carbocycles. The van der Waals surface area contributed by atoms with E-state index >= 15 is 0 Å². The molecule has 0 saturated heterocycles. The highest BCUT2D eigenvalue weighted by molar-refractivity contribution is 5.11. The highest BCUT2D eigenvalue weighted by Gasteiger charge is 2.61.